The average molecular weight is 186 g/mol. The van der Waals surface area contributed by atoms with Crippen molar-refractivity contribution in [3.8, 4) is 0 Å². The molecule has 2 aliphatic rings. The summed E-state index contributed by atoms with van der Waals surface area (Å²) < 4.78 is 12.2. The molecule has 0 spiro atoms. The fraction of sp³-hybridized carbons (Fsp3) is 1.00. The quantitative estimate of drug-likeness (QED) is 0.634. The van der Waals surface area contributed by atoms with Crippen molar-refractivity contribution >= 4 is 0 Å². The second kappa shape index (κ2) is 3.93. The Labute approximate surface area is 79.7 Å². The van der Waals surface area contributed by atoms with Crippen LogP contribution in [0.25, 0.3) is 0 Å². The molecule has 3 heteroatoms. The van der Waals surface area contributed by atoms with Crippen molar-refractivity contribution in [1.82, 2.24) is 9.80 Å². The zero-order valence-electron chi connectivity index (χ0n) is 8.38. The van der Waals surface area contributed by atoms with Crippen LogP contribution >= 0.6 is 0 Å². The standard InChI is InChI=1S/C10H19FN2/c1-12-4-2-10(3-5-12)13-7-9(6-11)8-13/h9-10H,2-8H2,1H3. The average Bonchev–Trinajstić information content (AvgIpc) is 2.06. The predicted molar refractivity (Wildman–Crippen MR) is 51.6 cm³/mol. The first kappa shape index (κ1) is 9.41. The van der Waals surface area contributed by atoms with Gasteiger partial charge < -0.3 is 4.90 Å². The maximum atomic E-state index is 12.2. The molecule has 0 aliphatic carbocycles. The Morgan fingerprint density at radius 2 is 1.85 bits per heavy atom. The van der Waals surface area contributed by atoms with E-state index in [0.29, 0.717) is 5.92 Å². The van der Waals surface area contributed by atoms with Crippen molar-refractivity contribution in [2.24, 2.45) is 5.92 Å². The van der Waals surface area contributed by atoms with Gasteiger partial charge in [0.2, 0.25) is 0 Å². The summed E-state index contributed by atoms with van der Waals surface area (Å²) in [5.41, 5.74) is 0. The van der Waals surface area contributed by atoms with Crippen LogP contribution in [0.5, 0.6) is 0 Å². The van der Waals surface area contributed by atoms with E-state index in [-0.39, 0.29) is 6.67 Å². The van der Waals surface area contributed by atoms with Crippen molar-refractivity contribution in [2.75, 3.05) is 39.9 Å². The van der Waals surface area contributed by atoms with Gasteiger partial charge >= 0.3 is 0 Å². The molecule has 0 saturated carbocycles. The molecule has 2 nitrogen and oxygen atoms in total. The lowest BCUT2D eigenvalue weighted by Crippen LogP contribution is -2.55. The minimum Gasteiger partial charge on any atom is -0.306 e. The molecule has 13 heavy (non-hydrogen) atoms. The van der Waals surface area contributed by atoms with Gasteiger partial charge in [0.25, 0.3) is 0 Å². The number of hydrogen-bond acceptors (Lipinski definition) is 2. The fourth-order valence-electron chi connectivity index (χ4n) is 2.37. The van der Waals surface area contributed by atoms with Crippen molar-refractivity contribution in [1.29, 1.82) is 0 Å². The van der Waals surface area contributed by atoms with Gasteiger partial charge in [0, 0.05) is 25.0 Å². The summed E-state index contributed by atoms with van der Waals surface area (Å²) in [7, 11) is 2.18. The van der Waals surface area contributed by atoms with Crippen LogP contribution in [0.2, 0.25) is 0 Å². The first-order valence-corrected chi connectivity index (χ1v) is 5.28. The van der Waals surface area contributed by atoms with Gasteiger partial charge in [-0.25, -0.2) is 0 Å². The van der Waals surface area contributed by atoms with Crippen LogP contribution in [-0.2, 0) is 0 Å². The highest BCUT2D eigenvalue weighted by atomic mass is 19.1. The van der Waals surface area contributed by atoms with Gasteiger partial charge in [-0.05, 0) is 33.0 Å². The van der Waals surface area contributed by atoms with Gasteiger partial charge in [-0.1, -0.05) is 0 Å². The molecule has 0 aromatic heterocycles. The highest BCUT2D eigenvalue weighted by Crippen LogP contribution is 2.24. The lowest BCUT2D eigenvalue weighted by Gasteiger charge is -2.46. The summed E-state index contributed by atoms with van der Waals surface area (Å²) in [6, 6.07) is 0.749. The van der Waals surface area contributed by atoms with Crippen LogP contribution in [0.15, 0.2) is 0 Å². The molecule has 76 valence electrons. The topological polar surface area (TPSA) is 6.48 Å². The van der Waals surface area contributed by atoms with E-state index in [9.17, 15) is 4.39 Å². The third-order valence-corrected chi connectivity index (χ3v) is 3.41. The Morgan fingerprint density at radius 3 is 2.38 bits per heavy atom. The molecule has 0 aromatic carbocycles. The van der Waals surface area contributed by atoms with Crippen LogP contribution < -0.4 is 0 Å². The third kappa shape index (κ3) is 2.02. The van der Waals surface area contributed by atoms with E-state index in [2.05, 4.69) is 16.8 Å². The first-order valence-electron chi connectivity index (χ1n) is 5.28. The number of likely N-dealkylation sites (tertiary alicyclic amines) is 2. The van der Waals surface area contributed by atoms with Gasteiger partial charge in [0.1, 0.15) is 0 Å². The number of nitrogens with zero attached hydrogens (tertiary/aromatic N) is 2. The molecule has 0 radical (unpaired) electrons. The molecule has 2 rings (SSSR count). The van der Waals surface area contributed by atoms with E-state index < -0.39 is 0 Å². The zero-order chi connectivity index (χ0) is 9.26. The van der Waals surface area contributed by atoms with Crippen LogP contribution in [0.1, 0.15) is 12.8 Å². The smallest absolute Gasteiger partial charge is 0.0947 e. The van der Waals surface area contributed by atoms with E-state index in [1.165, 1.54) is 25.9 Å². The Bertz CT molecular complexity index is 160. The zero-order valence-corrected chi connectivity index (χ0v) is 8.38. The van der Waals surface area contributed by atoms with E-state index >= 15 is 0 Å². The molecule has 2 fully saturated rings. The highest BCUT2D eigenvalue weighted by Gasteiger charge is 2.33. The molecule has 0 N–H and O–H groups in total. The van der Waals surface area contributed by atoms with Crippen LogP contribution in [0.4, 0.5) is 4.39 Å². The number of rotatable bonds is 2. The van der Waals surface area contributed by atoms with E-state index in [4.69, 9.17) is 0 Å². The highest BCUT2D eigenvalue weighted by molar-refractivity contribution is 4.87. The normalized spacial score (nSPS) is 29.1. The minimum atomic E-state index is -0.122. The van der Waals surface area contributed by atoms with Crippen molar-refractivity contribution in [3.63, 3.8) is 0 Å². The van der Waals surface area contributed by atoms with Gasteiger partial charge in [-0.2, -0.15) is 0 Å². The van der Waals surface area contributed by atoms with Crippen LogP contribution in [0, 0.1) is 5.92 Å². The maximum absolute atomic E-state index is 12.2. The lowest BCUT2D eigenvalue weighted by molar-refractivity contribution is 0.0136. The van der Waals surface area contributed by atoms with Gasteiger partial charge in [0.05, 0.1) is 6.67 Å². The molecule has 2 aliphatic heterocycles. The summed E-state index contributed by atoms with van der Waals surface area (Å²) in [6.07, 6.45) is 2.55. The third-order valence-electron chi connectivity index (χ3n) is 3.41. The molecule has 0 aromatic rings. The summed E-state index contributed by atoms with van der Waals surface area (Å²) in [6.45, 7) is 4.31. The second-order valence-electron chi connectivity index (χ2n) is 4.51. The summed E-state index contributed by atoms with van der Waals surface area (Å²) in [4.78, 5) is 4.83. The minimum absolute atomic E-state index is 0.122. The molecule has 0 bridgehead atoms. The molecule has 2 heterocycles. The molecule has 0 unspecified atom stereocenters. The second-order valence-corrected chi connectivity index (χ2v) is 4.51. The molecular formula is C10H19FN2. The monoisotopic (exact) mass is 186 g/mol. The predicted octanol–water partition coefficient (Wildman–Crippen LogP) is 0.982. The van der Waals surface area contributed by atoms with E-state index in [1.807, 2.05) is 0 Å². The van der Waals surface area contributed by atoms with Crippen molar-refractivity contribution in [3.05, 3.63) is 0 Å². The maximum Gasteiger partial charge on any atom is 0.0947 e. The Balaban J connectivity index is 1.71. The molecule has 0 atom stereocenters. The van der Waals surface area contributed by atoms with E-state index in [1.54, 1.807) is 0 Å². The van der Waals surface area contributed by atoms with Gasteiger partial charge in [-0.3, -0.25) is 9.29 Å². The van der Waals surface area contributed by atoms with Crippen LogP contribution in [-0.4, -0.2) is 55.7 Å². The lowest BCUT2D eigenvalue weighted by atomic mass is 9.94. The molecular weight excluding hydrogens is 167 g/mol. The Morgan fingerprint density at radius 1 is 1.23 bits per heavy atom. The number of alkyl halides is 1. The van der Waals surface area contributed by atoms with E-state index in [0.717, 1.165) is 19.1 Å². The Hall–Kier alpha value is -0.150. The summed E-state index contributed by atoms with van der Waals surface area (Å²) in [5, 5.41) is 0. The molecule has 0 amide bonds. The van der Waals surface area contributed by atoms with Crippen LogP contribution in [0.3, 0.4) is 0 Å². The number of halogens is 1. The molecule has 2 saturated heterocycles. The van der Waals surface area contributed by atoms with Crippen molar-refractivity contribution in [2.45, 2.75) is 18.9 Å². The fourth-order valence-corrected chi connectivity index (χ4v) is 2.37. The largest absolute Gasteiger partial charge is 0.306 e. The van der Waals surface area contributed by atoms with Gasteiger partial charge in [-0.15, -0.1) is 0 Å². The summed E-state index contributed by atoms with van der Waals surface area (Å²) >= 11 is 0. The first-order chi connectivity index (χ1) is 6.29. The number of hydrogen-bond donors (Lipinski definition) is 0. The SMILES string of the molecule is CN1CCC(N2CC(CF)C2)CC1. The number of piperidine rings is 1. The Kier molecular flexibility index (Phi) is 2.84. The summed E-state index contributed by atoms with van der Waals surface area (Å²) in [5.74, 6) is 0.347. The van der Waals surface area contributed by atoms with Crippen molar-refractivity contribution < 1.29 is 4.39 Å². The van der Waals surface area contributed by atoms with Gasteiger partial charge in [0.15, 0.2) is 0 Å².